The lowest BCUT2D eigenvalue weighted by Gasteiger charge is -2.31. The van der Waals surface area contributed by atoms with Gasteiger partial charge in [-0.3, -0.25) is 0 Å². The molecule has 392 valence electrons. The Labute approximate surface area is 438 Å². The maximum absolute atomic E-state index is 12.7. The number of hydrogen-bond donors (Lipinski definition) is 6. The van der Waals surface area contributed by atoms with Crippen LogP contribution in [-0.2, 0) is 42.6 Å². The van der Waals surface area contributed by atoms with Gasteiger partial charge in [-0.2, -0.15) is 0 Å². The molecule has 0 saturated heterocycles. The molecule has 4 heterocycles. The van der Waals surface area contributed by atoms with Crippen molar-refractivity contribution in [2.75, 3.05) is 13.1 Å². The van der Waals surface area contributed by atoms with E-state index in [0.717, 1.165) is 11.0 Å². The molecular formula is C46H58Cl4N10O10S2. The monoisotopic (exact) mass is 1110 g/mol. The number of benzene rings is 2. The fourth-order valence-electron chi connectivity index (χ4n) is 6.53. The Morgan fingerprint density at radius 1 is 0.597 bits per heavy atom. The van der Waals surface area contributed by atoms with Crippen LogP contribution in [0.25, 0.3) is 22.1 Å². The average molecular weight is 1120 g/mol. The summed E-state index contributed by atoms with van der Waals surface area (Å²) >= 11 is 24.5. The van der Waals surface area contributed by atoms with E-state index in [1.54, 1.807) is 75.0 Å². The van der Waals surface area contributed by atoms with E-state index in [2.05, 4.69) is 40.0 Å². The number of nitrogens with one attached hydrogen (secondary N) is 4. The summed E-state index contributed by atoms with van der Waals surface area (Å²) in [6, 6.07) is 14.1. The van der Waals surface area contributed by atoms with E-state index in [-0.39, 0.29) is 23.1 Å². The average Bonchev–Trinajstić information content (AvgIpc) is 3.88. The number of nitrogens with zero attached hydrogens (tertiary/aromatic N) is 6. The maximum Gasteiger partial charge on any atom is 0.407 e. The van der Waals surface area contributed by atoms with E-state index >= 15 is 0 Å². The van der Waals surface area contributed by atoms with Crippen molar-refractivity contribution in [2.45, 2.75) is 115 Å². The van der Waals surface area contributed by atoms with Crippen LogP contribution in [0.2, 0.25) is 20.1 Å². The molecule has 0 fully saturated rings. The molecule has 0 radical (unpaired) electrons. The molecule has 6 rings (SSSR count). The Bertz CT molecular complexity index is 2830. The first-order valence-corrected chi connectivity index (χ1v) is 26.7. The molecule has 0 aliphatic rings. The number of halogens is 4. The Balaban J connectivity index is 0.000000267. The number of rotatable bonds is 18. The lowest BCUT2D eigenvalue weighted by Crippen LogP contribution is -2.48. The van der Waals surface area contributed by atoms with Gasteiger partial charge < -0.3 is 39.5 Å². The molecule has 2 aromatic carbocycles. The second-order valence-electron chi connectivity index (χ2n) is 18.9. The molecular weight excluding hydrogens is 1060 g/mol. The van der Waals surface area contributed by atoms with Crippen molar-refractivity contribution in [1.29, 1.82) is 0 Å². The highest BCUT2D eigenvalue weighted by molar-refractivity contribution is 7.89. The van der Waals surface area contributed by atoms with E-state index in [0.29, 0.717) is 44.2 Å². The third-order valence-corrected chi connectivity index (χ3v) is 15.2. The van der Waals surface area contributed by atoms with E-state index < -0.39 is 79.6 Å². The first-order chi connectivity index (χ1) is 33.5. The van der Waals surface area contributed by atoms with Gasteiger partial charge in [0.25, 0.3) is 20.0 Å². The second kappa shape index (κ2) is 24.4. The van der Waals surface area contributed by atoms with Gasteiger partial charge in [0.2, 0.25) is 0 Å². The van der Waals surface area contributed by atoms with Gasteiger partial charge in [0.15, 0.2) is 10.1 Å². The molecule has 0 saturated carbocycles. The number of alkyl carbamates (subject to hydrolysis) is 2. The van der Waals surface area contributed by atoms with Gasteiger partial charge in [0.05, 0.1) is 92.2 Å². The summed E-state index contributed by atoms with van der Waals surface area (Å²) in [5, 5.41) is 27.2. The number of aromatic nitrogens is 6. The fourth-order valence-corrected chi connectivity index (χ4v) is 9.15. The number of imidazole rings is 2. The minimum atomic E-state index is -3.90. The van der Waals surface area contributed by atoms with Crippen LogP contribution < -0.4 is 20.1 Å². The largest absolute Gasteiger partial charge is 0.444 e. The molecule has 0 aliphatic carbocycles. The predicted molar refractivity (Wildman–Crippen MR) is 275 cm³/mol. The predicted octanol–water partition coefficient (Wildman–Crippen LogP) is 7.21. The summed E-state index contributed by atoms with van der Waals surface area (Å²) in [5.74, 6) is 0. The summed E-state index contributed by atoms with van der Waals surface area (Å²) in [4.78, 5) is 41.6. The number of carbonyl (C=O) groups excluding carboxylic acids is 2. The summed E-state index contributed by atoms with van der Waals surface area (Å²) in [6.07, 6.45) is 0.879. The van der Waals surface area contributed by atoms with Crippen molar-refractivity contribution in [2.24, 2.45) is 10.8 Å². The minimum Gasteiger partial charge on any atom is -0.444 e. The van der Waals surface area contributed by atoms with Crippen LogP contribution in [-0.4, -0.2) is 118 Å². The maximum atomic E-state index is 12.7. The highest BCUT2D eigenvalue weighted by Gasteiger charge is 2.33. The number of hydrogen-bond acceptors (Lipinski definition) is 14. The number of sulfonamides is 2. The van der Waals surface area contributed by atoms with Crippen LogP contribution in [0.5, 0.6) is 0 Å². The van der Waals surface area contributed by atoms with Crippen LogP contribution in [0.3, 0.4) is 0 Å². The zero-order chi connectivity index (χ0) is 53.3. The van der Waals surface area contributed by atoms with Gasteiger partial charge in [-0.15, -0.1) is 0 Å². The van der Waals surface area contributed by atoms with Crippen LogP contribution in [0.1, 0.15) is 55.4 Å². The van der Waals surface area contributed by atoms with Crippen LogP contribution >= 0.6 is 46.4 Å². The smallest absolute Gasteiger partial charge is 0.407 e. The normalized spacial score (nSPS) is 14.9. The summed E-state index contributed by atoms with van der Waals surface area (Å²) < 4.78 is 68.8. The zero-order valence-electron chi connectivity index (χ0n) is 40.5. The molecule has 72 heavy (non-hydrogen) atoms. The van der Waals surface area contributed by atoms with Crippen molar-refractivity contribution < 1.29 is 46.1 Å². The standard InChI is InChI=1S/2C23H29Cl2N5O5S/c2*1-14(19(31)11-28-36(33,34)21-7-5-6-8-26-21)29-22(32)35-20(23(2,3)4)12-30-13-27-17-9-15(24)16(25)10-18(17)30/h2*5-10,13-14,19-20,28,31H,11-12H2,1-4H3,(H,29,32)/t14-,19+,20+;14-,19-,20+/m00/s1. The molecule has 0 unspecified atom stereocenters. The van der Waals surface area contributed by atoms with Crippen LogP contribution in [0.4, 0.5) is 9.59 Å². The van der Waals surface area contributed by atoms with E-state index in [9.17, 15) is 36.6 Å². The van der Waals surface area contributed by atoms with Crippen LogP contribution in [0.15, 0.2) is 95.8 Å². The van der Waals surface area contributed by atoms with Gasteiger partial charge in [-0.1, -0.05) is 100 Å². The number of carbonyl (C=O) groups is 2. The third-order valence-electron chi connectivity index (χ3n) is 11.1. The van der Waals surface area contributed by atoms with Gasteiger partial charge in [0.1, 0.15) is 12.2 Å². The lowest BCUT2D eigenvalue weighted by molar-refractivity contribution is 0.0161. The third kappa shape index (κ3) is 16.1. The second-order valence-corrected chi connectivity index (χ2v) is 23.9. The highest BCUT2D eigenvalue weighted by atomic mass is 35.5. The number of aliphatic hydroxyl groups is 2. The highest BCUT2D eigenvalue weighted by Crippen LogP contribution is 2.31. The Kier molecular flexibility index (Phi) is 19.7. The van der Waals surface area contributed by atoms with Gasteiger partial charge in [-0.05, 0) is 62.4 Å². The van der Waals surface area contributed by atoms with Crippen LogP contribution in [0, 0.1) is 10.8 Å². The molecule has 6 aromatic rings. The number of pyridine rings is 2. The number of ether oxygens (including phenoxy) is 2. The van der Waals surface area contributed by atoms with E-state index in [1.165, 1.54) is 24.5 Å². The SMILES string of the molecule is C[C@H](NC(=O)O[C@H](Cn1cnc2cc(Cl)c(Cl)cc21)C(C)(C)C)[C@@H](O)CNS(=O)(=O)c1ccccn1.C[C@H](NC(=O)O[C@H](Cn1cnc2cc(Cl)c(Cl)cc21)C(C)(C)C)[C@H](O)CNS(=O)(=O)c1ccccn1. The molecule has 0 bridgehead atoms. The van der Waals surface area contributed by atoms with Crippen molar-refractivity contribution in [3.63, 3.8) is 0 Å². The number of amides is 2. The molecule has 6 N–H and O–H groups in total. The van der Waals surface area contributed by atoms with Crippen molar-refractivity contribution in [3.8, 4) is 0 Å². The minimum absolute atomic E-state index is 0.166. The van der Waals surface area contributed by atoms with E-state index in [4.69, 9.17) is 55.9 Å². The quantitative estimate of drug-likeness (QED) is 0.0497. The van der Waals surface area contributed by atoms with Crippen molar-refractivity contribution >= 4 is 101 Å². The first kappa shape index (κ1) is 58.0. The molecule has 2 amide bonds. The first-order valence-electron chi connectivity index (χ1n) is 22.3. The molecule has 26 heteroatoms. The Morgan fingerprint density at radius 3 is 1.26 bits per heavy atom. The Hall–Kier alpha value is -4.88. The summed E-state index contributed by atoms with van der Waals surface area (Å²) in [5.41, 5.74) is 1.92. The Morgan fingerprint density at radius 2 is 0.944 bits per heavy atom. The molecule has 0 aliphatic heterocycles. The molecule has 6 atom stereocenters. The zero-order valence-corrected chi connectivity index (χ0v) is 45.2. The fraction of sp³-hybridized carbons (Fsp3) is 0.435. The summed E-state index contributed by atoms with van der Waals surface area (Å²) in [6.45, 7) is 14.6. The van der Waals surface area contributed by atoms with E-state index in [1.807, 2.05) is 50.7 Å². The lowest BCUT2D eigenvalue weighted by atomic mass is 9.89. The van der Waals surface area contributed by atoms with Gasteiger partial charge in [-0.25, -0.2) is 55.8 Å². The molecule has 20 nitrogen and oxygen atoms in total. The van der Waals surface area contributed by atoms with Gasteiger partial charge in [0, 0.05) is 36.3 Å². The topological polar surface area (TPSA) is 271 Å². The summed E-state index contributed by atoms with van der Waals surface area (Å²) in [7, 11) is -7.80. The van der Waals surface area contributed by atoms with Gasteiger partial charge >= 0.3 is 12.2 Å². The molecule has 4 aromatic heterocycles. The number of aliphatic hydroxyl groups excluding tert-OH is 2. The van der Waals surface area contributed by atoms with Crippen molar-refractivity contribution in [1.82, 2.24) is 49.1 Å². The van der Waals surface area contributed by atoms with Crippen molar-refractivity contribution in [3.05, 3.63) is 106 Å². The number of fused-ring (bicyclic) bond motifs is 2. The molecule has 0 spiro atoms.